The zero-order valence-corrected chi connectivity index (χ0v) is 19.3. The van der Waals surface area contributed by atoms with Crippen LogP contribution in [0.1, 0.15) is 62.1 Å². The molecular formula is C23H31ClFN5O. The topological polar surface area (TPSA) is 54.3 Å². The fourth-order valence-electron chi connectivity index (χ4n) is 5.23. The monoisotopic (exact) mass is 447 g/mol. The third-order valence-electron chi connectivity index (χ3n) is 7.05. The fourth-order valence-corrected chi connectivity index (χ4v) is 5.41. The van der Waals surface area contributed by atoms with Crippen molar-refractivity contribution in [2.45, 2.75) is 58.5 Å². The number of piperidine rings is 1. The molecule has 2 saturated heterocycles. The number of hydrogen-bond donors (Lipinski definition) is 0. The van der Waals surface area contributed by atoms with E-state index in [1.807, 2.05) is 4.90 Å². The van der Waals surface area contributed by atoms with Crippen molar-refractivity contribution in [3.05, 3.63) is 46.8 Å². The van der Waals surface area contributed by atoms with Crippen LogP contribution in [0.25, 0.3) is 0 Å². The van der Waals surface area contributed by atoms with Crippen molar-refractivity contribution >= 4 is 17.5 Å². The summed E-state index contributed by atoms with van der Waals surface area (Å²) in [7, 11) is 0. The summed E-state index contributed by atoms with van der Waals surface area (Å²) in [6, 6.07) is 4.72. The van der Waals surface area contributed by atoms with Crippen LogP contribution in [0, 0.1) is 11.2 Å². The van der Waals surface area contributed by atoms with Crippen LogP contribution < -0.4 is 0 Å². The fraction of sp³-hybridized carbons (Fsp3) is 0.609. The minimum absolute atomic E-state index is 0.0239. The lowest BCUT2D eigenvalue weighted by Crippen LogP contribution is -2.46. The van der Waals surface area contributed by atoms with E-state index in [-0.39, 0.29) is 22.3 Å². The van der Waals surface area contributed by atoms with Gasteiger partial charge in [0.2, 0.25) is 0 Å². The number of carbonyl (C=O) groups excluding carboxylic acids is 1. The van der Waals surface area contributed by atoms with Crippen LogP contribution in [0.15, 0.2) is 24.5 Å². The van der Waals surface area contributed by atoms with E-state index < -0.39 is 5.82 Å². The lowest BCUT2D eigenvalue weighted by atomic mass is 9.70. The van der Waals surface area contributed by atoms with Gasteiger partial charge in [-0.05, 0) is 64.4 Å². The normalized spacial score (nSPS) is 21.4. The molecule has 2 aromatic rings. The first-order valence-corrected chi connectivity index (χ1v) is 11.6. The second-order valence-electron chi connectivity index (χ2n) is 9.24. The highest BCUT2D eigenvalue weighted by atomic mass is 35.5. The molecule has 2 aliphatic rings. The van der Waals surface area contributed by atoms with Gasteiger partial charge in [0.25, 0.3) is 5.91 Å². The number of amides is 1. The van der Waals surface area contributed by atoms with E-state index in [1.54, 1.807) is 6.33 Å². The number of hydrogen-bond acceptors (Lipinski definition) is 4. The van der Waals surface area contributed by atoms with Crippen LogP contribution in [0.3, 0.4) is 0 Å². The average molecular weight is 448 g/mol. The van der Waals surface area contributed by atoms with Gasteiger partial charge >= 0.3 is 0 Å². The summed E-state index contributed by atoms with van der Waals surface area (Å²) in [6.07, 6.45) is 4.84. The van der Waals surface area contributed by atoms with Gasteiger partial charge in [-0.15, -0.1) is 10.2 Å². The predicted molar refractivity (Wildman–Crippen MR) is 119 cm³/mol. The molecule has 1 aromatic carbocycles. The lowest BCUT2D eigenvalue weighted by Gasteiger charge is -2.43. The van der Waals surface area contributed by atoms with Crippen molar-refractivity contribution in [2.24, 2.45) is 5.41 Å². The Balaban J connectivity index is 1.64. The highest BCUT2D eigenvalue weighted by Crippen LogP contribution is 2.49. The maximum absolute atomic E-state index is 13.6. The number of likely N-dealkylation sites (tertiary alicyclic amines) is 2. The molecule has 0 N–H and O–H groups in total. The average Bonchev–Trinajstić information content (AvgIpc) is 3.35. The zero-order valence-electron chi connectivity index (χ0n) is 18.5. The lowest BCUT2D eigenvalue weighted by molar-refractivity contribution is 0.0645. The van der Waals surface area contributed by atoms with Crippen molar-refractivity contribution in [3.63, 3.8) is 0 Å². The Morgan fingerprint density at radius 2 is 2.06 bits per heavy atom. The summed E-state index contributed by atoms with van der Waals surface area (Å²) >= 11 is 5.95. The second-order valence-corrected chi connectivity index (χ2v) is 9.65. The first kappa shape index (κ1) is 22.2. The second kappa shape index (κ2) is 8.87. The first-order valence-electron chi connectivity index (χ1n) is 11.2. The molecular weight excluding hydrogens is 417 g/mol. The molecule has 1 spiro atoms. The van der Waals surface area contributed by atoms with Crippen molar-refractivity contribution in [1.29, 1.82) is 0 Å². The van der Waals surface area contributed by atoms with Gasteiger partial charge in [-0.1, -0.05) is 18.5 Å². The molecule has 0 radical (unpaired) electrons. The Kier molecular flexibility index (Phi) is 6.35. The van der Waals surface area contributed by atoms with Crippen LogP contribution in [0.2, 0.25) is 5.02 Å². The molecule has 1 amide bonds. The van der Waals surface area contributed by atoms with E-state index in [1.165, 1.54) is 18.2 Å². The van der Waals surface area contributed by atoms with E-state index in [0.717, 1.165) is 44.7 Å². The van der Waals surface area contributed by atoms with Gasteiger partial charge < -0.3 is 14.4 Å². The number of benzene rings is 1. The summed E-state index contributed by atoms with van der Waals surface area (Å²) in [4.78, 5) is 17.7. The summed E-state index contributed by atoms with van der Waals surface area (Å²) < 4.78 is 15.8. The largest absolute Gasteiger partial charge is 0.337 e. The molecule has 0 aliphatic carbocycles. The van der Waals surface area contributed by atoms with Crippen molar-refractivity contribution in [1.82, 2.24) is 24.6 Å². The van der Waals surface area contributed by atoms with Gasteiger partial charge in [0.15, 0.2) is 0 Å². The van der Waals surface area contributed by atoms with Crippen LogP contribution in [0.4, 0.5) is 4.39 Å². The van der Waals surface area contributed by atoms with Crippen LogP contribution in [-0.2, 0) is 6.54 Å². The van der Waals surface area contributed by atoms with Gasteiger partial charge in [-0.2, -0.15) is 0 Å². The van der Waals surface area contributed by atoms with Gasteiger partial charge in [0.05, 0.1) is 5.02 Å². The molecule has 2 aliphatic heterocycles. The van der Waals surface area contributed by atoms with Crippen molar-refractivity contribution < 1.29 is 9.18 Å². The number of halogens is 2. The Hall–Kier alpha value is -1.99. The standard InChI is InChI=1S/C23H31ClFN5O/c1-4-9-29-15-26-27-21(29)18-13-30(22(31)17-5-6-20(25)19(24)12-17)14-23(18)7-10-28(11-8-23)16(2)3/h5-6,12,15-16,18H,4,7-11,13-14H2,1-3H3. The Labute approximate surface area is 188 Å². The molecule has 2 fully saturated rings. The number of aromatic nitrogens is 3. The Morgan fingerprint density at radius 3 is 2.71 bits per heavy atom. The molecule has 0 saturated carbocycles. The Morgan fingerprint density at radius 1 is 1.32 bits per heavy atom. The van der Waals surface area contributed by atoms with E-state index in [9.17, 15) is 9.18 Å². The predicted octanol–water partition coefficient (Wildman–Crippen LogP) is 4.21. The number of rotatable bonds is 5. The first-order chi connectivity index (χ1) is 14.8. The highest BCUT2D eigenvalue weighted by molar-refractivity contribution is 6.31. The minimum atomic E-state index is -0.511. The van der Waals surface area contributed by atoms with E-state index >= 15 is 0 Å². The molecule has 1 atom stereocenters. The molecule has 4 rings (SSSR count). The maximum Gasteiger partial charge on any atom is 0.253 e. The molecule has 1 aromatic heterocycles. The summed E-state index contributed by atoms with van der Waals surface area (Å²) in [5.74, 6) is 0.502. The maximum atomic E-state index is 13.6. The molecule has 31 heavy (non-hydrogen) atoms. The summed E-state index contributed by atoms with van der Waals surface area (Å²) in [5, 5.41) is 8.68. The van der Waals surface area contributed by atoms with Crippen LogP contribution in [-0.4, -0.2) is 62.7 Å². The zero-order chi connectivity index (χ0) is 22.2. The van der Waals surface area contributed by atoms with Crippen LogP contribution >= 0.6 is 11.6 Å². The van der Waals surface area contributed by atoms with Gasteiger partial charge in [0.1, 0.15) is 18.0 Å². The van der Waals surface area contributed by atoms with Gasteiger partial charge in [-0.3, -0.25) is 4.79 Å². The van der Waals surface area contributed by atoms with E-state index in [2.05, 4.69) is 40.4 Å². The molecule has 1 unspecified atom stereocenters. The molecule has 3 heterocycles. The third kappa shape index (κ3) is 4.22. The number of nitrogens with zero attached hydrogens (tertiary/aromatic N) is 5. The summed E-state index contributed by atoms with van der Waals surface area (Å²) in [5.41, 5.74) is 0.403. The van der Waals surface area contributed by atoms with E-state index in [4.69, 9.17) is 11.6 Å². The molecule has 6 nitrogen and oxygen atoms in total. The number of aryl methyl sites for hydroxylation is 1. The van der Waals surface area contributed by atoms with Crippen molar-refractivity contribution in [2.75, 3.05) is 26.2 Å². The Bertz CT molecular complexity index is 938. The van der Waals surface area contributed by atoms with Gasteiger partial charge in [0, 0.05) is 42.6 Å². The van der Waals surface area contributed by atoms with Crippen LogP contribution in [0.5, 0.6) is 0 Å². The molecule has 0 bridgehead atoms. The van der Waals surface area contributed by atoms with E-state index in [0.29, 0.717) is 24.7 Å². The molecule has 168 valence electrons. The van der Waals surface area contributed by atoms with Gasteiger partial charge in [-0.25, -0.2) is 4.39 Å². The van der Waals surface area contributed by atoms with Crippen molar-refractivity contribution in [3.8, 4) is 0 Å². The quantitative estimate of drug-likeness (QED) is 0.688. The third-order valence-corrected chi connectivity index (χ3v) is 7.34. The number of carbonyl (C=O) groups is 1. The molecule has 8 heteroatoms. The minimum Gasteiger partial charge on any atom is -0.337 e. The highest BCUT2D eigenvalue weighted by Gasteiger charge is 2.51. The summed E-state index contributed by atoms with van der Waals surface area (Å²) in [6.45, 7) is 10.8. The SMILES string of the molecule is CCCn1cnnc1C1CN(C(=O)c2ccc(F)c(Cl)c2)CC12CCN(C(C)C)CC2. The smallest absolute Gasteiger partial charge is 0.253 e.